The molecule has 1 aromatic carbocycles. The van der Waals surface area contributed by atoms with Gasteiger partial charge in [-0.1, -0.05) is 6.07 Å². The van der Waals surface area contributed by atoms with Gasteiger partial charge in [0.2, 0.25) is 0 Å². The summed E-state index contributed by atoms with van der Waals surface area (Å²) in [6.45, 7) is 2.10. The Labute approximate surface area is 143 Å². The highest BCUT2D eigenvalue weighted by Gasteiger charge is 2.13. The standard InChI is InChI=1S/C20H15N5/c1-12-6-8-21-11-15(12)13-4-5-16-14(9-13)20(25-24-16)19-10-18-17(23-19)3-2-7-22-18/h2-11,23H,1H3,(H,24,25). The number of nitrogens with zero attached hydrogens (tertiary/aromatic N) is 3. The van der Waals surface area contributed by atoms with Crippen molar-refractivity contribution in [3.05, 3.63) is 66.6 Å². The molecule has 0 fully saturated rings. The largest absolute Gasteiger partial charge is 0.352 e. The maximum absolute atomic E-state index is 4.52. The molecule has 25 heavy (non-hydrogen) atoms. The zero-order valence-corrected chi connectivity index (χ0v) is 13.6. The number of nitrogens with one attached hydrogen (secondary N) is 2. The number of hydrogen-bond acceptors (Lipinski definition) is 3. The summed E-state index contributed by atoms with van der Waals surface area (Å²) in [4.78, 5) is 12.1. The van der Waals surface area contributed by atoms with Crippen molar-refractivity contribution in [2.45, 2.75) is 6.92 Å². The van der Waals surface area contributed by atoms with Crippen LogP contribution in [0.25, 0.3) is 44.5 Å². The number of fused-ring (bicyclic) bond motifs is 2. The predicted octanol–water partition coefficient (Wildman–Crippen LogP) is 4.48. The van der Waals surface area contributed by atoms with Gasteiger partial charge in [-0.05, 0) is 54.4 Å². The molecular weight excluding hydrogens is 310 g/mol. The third-order valence-electron chi connectivity index (χ3n) is 4.56. The van der Waals surface area contributed by atoms with E-state index in [2.05, 4.69) is 50.3 Å². The lowest BCUT2D eigenvalue weighted by Crippen LogP contribution is -1.85. The van der Waals surface area contributed by atoms with Gasteiger partial charge in [-0.3, -0.25) is 15.1 Å². The first-order chi connectivity index (χ1) is 12.3. The van der Waals surface area contributed by atoms with Crippen LogP contribution in [0.15, 0.2) is 61.1 Å². The van der Waals surface area contributed by atoms with Gasteiger partial charge in [-0.2, -0.15) is 5.10 Å². The Kier molecular flexibility index (Phi) is 2.94. The Morgan fingerprint density at radius 1 is 0.960 bits per heavy atom. The van der Waals surface area contributed by atoms with Crippen molar-refractivity contribution in [2.75, 3.05) is 0 Å². The van der Waals surface area contributed by atoms with Crippen LogP contribution in [0.2, 0.25) is 0 Å². The van der Waals surface area contributed by atoms with Crippen LogP contribution in [0.5, 0.6) is 0 Å². The maximum atomic E-state index is 4.52. The Bertz CT molecular complexity index is 1180. The fourth-order valence-corrected chi connectivity index (χ4v) is 3.24. The molecule has 0 atom stereocenters. The average Bonchev–Trinajstić information content (AvgIpc) is 3.25. The van der Waals surface area contributed by atoms with Crippen LogP contribution in [-0.2, 0) is 0 Å². The number of aryl methyl sites for hydroxylation is 1. The SMILES string of the molecule is Cc1ccncc1-c1ccc2[nH]nc(-c3cc4ncccc4[nH]3)c2c1. The van der Waals surface area contributed by atoms with E-state index in [-0.39, 0.29) is 0 Å². The molecule has 5 aromatic rings. The van der Waals surface area contributed by atoms with Gasteiger partial charge >= 0.3 is 0 Å². The Hall–Kier alpha value is -3.47. The summed E-state index contributed by atoms with van der Waals surface area (Å²) < 4.78 is 0. The van der Waals surface area contributed by atoms with E-state index in [4.69, 9.17) is 0 Å². The van der Waals surface area contributed by atoms with Crippen molar-refractivity contribution in [2.24, 2.45) is 0 Å². The molecular formula is C20H15N5. The average molecular weight is 325 g/mol. The van der Waals surface area contributed by atoms with Crippen LogP contribution in [0, 0.1) is 6.92 Å². The number of hydrogen-bond donors (Lipinski definition) is 2. The first-order valence-electron chi connectivity index (χ1n) is 8.13. The van der Waals surface area contributed by atoms with E-state index in [0.717, 1.165) is 44.5 Å². The van der Waals surface area contributed by atoms with Crippen LogP contribution < -0.4 is 0 Å². The minimum absolute atomic E-state index is 0.899. The summed E-state index contributed by atoms with van der Waals surface area (Å²) in [7, 11) is 0. The minimum Gasteiger partial charge on any atom is -0.352 e. The molecule has 5 nitrogen and oxygen atoms in total. The molecule has 0 bridgehead atoms. The topological polar surface area (TPSA) is 70.2 Å². The number of aromatic nitrogens is 5. The van der Waals surface area contributed by atoms with Crippen molar-refractivity contribution >= 4 is 21.9 Å². The molecule has 0 aliphatic rings. The lowest BCUT2D eigenvalue weighted by Gasteiger charge is -2.05. The molecule has 0 radical (unpaired) electrons. The fourth-order valence-electron chi connectivity index (χ4n) is 3.24. The molecule has 4 heterocycles. The van der Waals surface area contributed by atoms with Crippen LogP contribution in [0.3, 0.4) is 0 Å². The lowest BCUT2D eigenvalue weighted by molar-refractivity contribution is 1.12. The molecule has 0 saturated heterocycles. The van der Waals surface area contributed by atoms with Crippen molar-refractivity contribution < 1.29 is 0 Å². The normalized spacial score (nSPS) is 11.4. The van der Waals surface area contributed by atoms with Crippen molar-refractivity contribution in [3.8, 4) is 22.5 Å². The van der Waals surface area contributed by atoms with Crippen LogP contribution in [0.1, 0.15) is 5.56 Å². The number of aromatic amines is 2. The Morgan fingerprint density at radius 2 is 1.92 bits per heavy atom. The zero-order chi connectivity index (χ0) is 16.8. The summed E-state index contributed by atoms with van der Waals surface area (Å²) >= 11 is 0. The summed E-state index contributed by atoms with van der Waals surface area (Å²) in [6.07, 6.45) is 5.52. The van der Waals surface area contributed by atoms with E-state index in [9.17, 15) is 0 Å². The third kappa shape index (κ3) is 2.21. The van der Waals surface area contributed by atoms with E-state index in [1.807, 2.05) is 36.7 Å². The van der Waals surface area contributed by atoms with E-state index in [0.29, 0.717) is 0 Å². The van der Waals surface area contributed by atoms with Crippen molar-refractivity contribution in [3.63, 3.8) is 0 Å². The zero-order valence-electron chi connectivity index (χ0n) is 13.6. The first-order valence-corrected chi connectivity index (χ1v) is 8.13. The van der Waals surface area contributed by atoms with Gasteiger partial charge in [-0.15, -0.1) is 0 Å². The van der Waals surface area contributed by atoms with Gasteiger partial charge in [0, 0.05) is 29.5 Å². The number of pyridine rings is 2. The smallest absolute Gasteiger partial charge is 0.116 e. The molecule has 120 valence electrons. The first kappa shape index (κ1) is 13.9. The molecule has 4 aromatic heterocycles. The van der Waals surface area contributed by atoms with Crippen LogP contribution in [-0.4, -0.2) is 25.1 Å². The molecule has 0 saturated carbocycles. The maximum Gasteiger partial charge on any atom is 0.116 e. The molecule has 0 unspecified atom stereocenters. The highest BCUT2D eigenvalue weighted by atomic mass is 15.1. The van der Waals surface area contributed by atoms with Gasteiger partial charge in [0.1, 0.15) is 5.69 Å². The predicted molar refractivity (Wildman–Crippen MR) is 99.1 cm³/mol. The highest BCUT2D eigenvalue weighted by molar-refractivity contribution is 5.97. The lowest BCUT2D eigenvalue weighted by atomic mass is 10.0. The third-order valence-corrected chi connectivity index (χ3v) is 4.56. The summed E-state index contributed by atoms with van der Waals surface area (Å²) in [5.74, 6) is 0. The molecule has 0 amide bonds. The van der Waals surface area contributed by atoms with E-state index in [1.165, 1.54) is 5.56 Å². The fraction of sp³-hybridized carbons (Fsp3) is 0.0500. The molecule has 0 aliphatic heterocycles. The quantitative estimate of drug-likeness (QED) is 0.503. The minimum atomic E-state index is 0.899. The number of H-pyrrole nitrogens is 2. The van der Waals surface area contributed by atoms with Gasteiger partial charge in [0.05, 0.1) is 22.2 Å². The molecule has 2 N–H and O–H groups in total. The van der Waals surface area contributed by atoms with Crippen molar-refractivity contribution in [1.29, 1.82) is 0 Å². The summed E-state index contributed by atoms with van der Waals surface area (Å²) in [5.41, 5.74) is 8.28. The second-order valence-corrected chi connectivity index (χ2v) is 6.14. The second kappa shape index (κ2) is 5.27. The number of rotatable bonds is 2. The molecule has 0 spiro atoms. The molecule has 5 rings (SSSR count). The summed E-state index contributed by atoms with van der Waals surface area (Å²) in [6, 6.07) is 14.3. The van der Waals surface area contributed by atoms with Crippen molar-refractivity contribution in [1.82, 2.24) is 25.1 Å². The second-order valence-electron chi connectivity index (χ2n) is 6.14. The molecule has 5 heteroatoms. The van der Waals surface area contributed by atoms with Crippen LogP contribution in [0.4, 0.5) is 0 Å². The van der Waals surface area contributed by atoms with Gasteiger partial charge in [0.15, 0.2) is 0 Å². The van der Waals surface area contributed by atoms with Crippen LogP contribution >= 0.6 is 0 Å². The monoisotopic (exact) mass is 325 g/mol. The number of benzene rings is 1. The Balaban J connectivity index is 1.71. The summed E-state index contributed by atoms with van der Waals surface area (Å²) in [5, 5.41) is 8.71. The van der Waals surface area contributed by atoms with Gasteiger partial charge in [0.25, 0.3) is 0 Å². The molecule has 0 aliphatic carbocycles. The van der Waals surface area contributed by atoms with Gasteiger partial charge < -0.3 is 4.98 Å². The van der Waals surface area contributed by atoms with E-state index < -0.39 is 0 Å². The van der Waals surface area contributed by atoms with E-state index >= 15 is 0 Å². The Morgan fingerprint density at radius 3 is 2.80 bits per heavy atom. The highest BCUT2D eigenvalue weighted by Crippen LogP contribution is 2.32. The van der Waals surface area contributed by atoms with Gasteiger partial charge in [-0.25, -0.2) is 0 Å². The van der Waals surface area contributed by atoms with E-state index in [1.54, 1.807) is 6.20 Å².